The van der Waals surface area contributed by atoms with Gasteiger partial charge in [-0.3, -0.25) is 14.5 Å². The summed E-state index contributed by atoms with van der Waals surface area (Å²) in [6, 6.07) is 14.3. The van der Waals surface area contributed by atoms with Gasteiger partial charge in [0.25, 0.3) is 5.91 Å². The summed E-state index contributed by atoms with van der Waals surface area (Å²) in [6.07, 6.45) is 0.967. The number of hydrogen-bond donors (Lipinski definition) is 2. The number of hydrogen-bond acceptors (Lipinski definition) is 6. The summed E-state index contributed by atoms with van der Waals surface area (Å²) < 4.78 is 10.7. The molecule has 0 unspecified atom stereocenters. The highest BCUT2D eigenvalue weighted by atomic mass is 32.1. The second kappa shape index (κ2) is 8.41. The predicted octanol–water partition coefficient (Wildman–Crippen LogP) is 3.73. The van der Waals surface area contributed by atoms with E-state index in [0.717, 1.165) is 19.5 Å². The lowest BCUT2D eigenvalue weighted by Gasteiger charge is -2.26. The lowest BCUT2D eigenvalue weighted by atomic mass is 10.1. The summed E-state index contributed by atoms with van der Waals surface area (Å²) in [5.74, 6) is 0.797. The topological polar surface area (TPSA) is 79.9 Å². The number of para-hydroxylation sites is 1. The second-order valence-electron chi connectivity index (χ2n) is 7.45. The molecular formula is C23H21N3O4S. The molecule has 0 fully saturated rings. The van der Waals surface area contributed by atoms with E-state index in [1.807, 2.05) is 0 Å². The van der Waals surface area contributed by atoms with E-state index in [-0.39, 0.29) is 25.2 Å². The zero-order valence-electron chi connectivity index (χ0n) is 16.7. The molecule has 0 bridgehead atoms. The number of carbonyl (C=O) groups excluding carboxylic acids is 2. The van der Waals surface area contributed by atoms with Crippen molar-refractivity contribution in [2.75, 3.05) is 30.5 Å². The molecule has 0 spiro atoms. The van der Waals surface area contributed by atoms with E-state index >= 15 is 0 Å². The Kier molecular flexibility index (Phi) is 5.31. The van der Waals surface area contributed by atoms with Gasteiger partial charge in [0.1, 0.15) is 0 Å². The van der Waals surface area contributed by atoms with Crippen molar-refractivity contribution < 1.29 is 19.1 Å². The number of amides is 2. The third-order valence-electron chi connectivity index (χ3n) is 5.33. The molecule has 0 saturated carbocycles. The van der Waals surface area contributed by atoms with Crippen molar-refractivity contribution in [2.24, 2.45) is 0 Å². The fourth-order valence-corrected chi connectivity index (χ4v) is 4.69. The Labute approximate surface area is 183 Å². The van der Waals surface area contributed by atoms with Crippen LogP contribution in [-0.4, -0.2) is 36.6 Å². The van der Waals surface area contributed by atoms with Gasteiger partial charge in [-0.2, -0.15) is 0 Å². The van der Waals surface area contributed by atoms with Crippen LogP contribution < -0.4 is 20.1 Å². The van der Waals surface area contributed by atoms with Crippen LogP contribution in [0.2, 0.25) is 0 Å². The minimum atomic E-state index is -0.310. The molecule has 2 aromatic carbocycles. The summed E-state index contributed by atoms with van der Waals surface area (Å²) in [7, 11) is 0. The van der Waals surface area contributed by atoms with Gasteiger partial charge in [0, 0.05) is 29.7 Å². The first kappa shape index (κ1) is 19.6. The molecule has 0 atom stereocenters. The molecule has 7 nitrogen and oxygen atoms in total. The van der Waals surface area contributed by atoms with E-state index in [9.17, 15) is 9.59 Å². The standard InChI is InChI=1S/C23H21N3O4S/c27-22(13-26-9-7-21-15(12-26)8-10-31-21)25-18-4-2-1-3-17(18)23(28)24-16-5-6-19-20(11-16)30-14-29-19/h1-6,8,10-11H,7,9,12-14H2,(H,24,28)(H,25,27). The maximum absolute atomic E-state index is 12.9. The highest BCUT2D eigenvalue weighted by Crippen LogP contribution is 2.34. The lowest BCUT2D eigenvalue weighted by Crippen LogP contribution is -2.36. The Morgan fingerprint density at radius 2 is 1.90 bits per heavy atom. The Hall–Kier alpha value is -3.36. The lowest BCUT2D eigenvalue weighted by molar-refractivity contribution is -0.117. The smallest absolute Gasteiger partial charge is 0.257 e. The number of benzene rings is 2. The minimum absolute atomic E-state index is 0.137. The molecule has 0 saturated heterocycles. The van der Waals surface area contributed by atoms with Gasteiger partial charge in [0.15, 0.2) is 11.5 Å². The molecule has 158 valence electrons. The highest BCUT2D eigenvalue weighted by Gasteiger charge is 2.21. The van der Waals surface area contributed by atoms with Crippen molar-refractivity contribution in [3.8, 4) is 11.5 Å². The SMILES string of the molecule is O=C(CN1CCc2sccc2C1)Nc1ccccc1C(=O)Nc1ccc2c(c1)OCO2. The highest BCUT2D eigenvalue weighted by molar-refractivity contribution is 7.10. The first-order chi connectivity index (χ1) is 15.2. The van der Waals surface area contributed by atoms with E-state index < -0.39 is 0 Å². The summed E-state index contributed by atoms with van der Waals surface area (Å²) in [4.78, 5) is 29.1. The van der Waals surface area contributed by atoms with Crippen molar-refractivity contribution in [3.05, 3.63) is 69.9 Å². The van der Waals surface area contributed by atoms with Crippen LogP contribution in [-0.2, 0) is 17.8 Å². The largest absolute Gasteiger partial charge is 0.454 e. The minimum Gasteiger partial charge on any atom is -0.454 e. The fraction of sp³-hybridized carbons (Fsp3) is 0.217. The molecule has 31 heavy (non-hydrogen) atoms. The van der Waals surface area contributed by atoms with Crippen molar-refractivity contribution in [1.82, 2.24) is 4.90 Å². The maximum Gasteiger partial charge on any atom is 0.257 e. The first-order valence-electron chi connectivity index (χ1n) is 10.0. The van der Waals surface area contributed by atoms with Gasteiger partial charge in [-0.1, -0.05) is 12.1 Å². The zero-order valence-corrected chi connectivity index (χ0v) is 17.5. The van der Waals surface area contributed by atoms with Gasteiger partial charge in [-0.05, 0) is 47.7 Å². The maximum atomic E-state index is 12.9. The van der Waals surface area contributed by atoms with E-state index in [0.29, 0.717) is 28.4 Å². The van der Waals surface area contributed by atoms with Gasteiger partial charge in [0.2, 0.25) is 12.7 Å². The normalized spacial score (nSPS) is 14.7. The van der Waals surface area contributed by atoms with Crippen LogP contribution in [0.3, 0.4) is 0 Å². The van der Waals surface area contributed by atoms with Gasteiger partial charge >= 0.3 is 0 Å². The summed E-state index contributed by atoms with van der Waals surface area (Å²) in [5.41, 5.74) is 2.77. The third kappa shape index (κ3) is 4.26. The molecule has 2 amide bonds. The van der Waals surface area contributed by atoms with Gasteiger partial charge in [0.05, 0.1) is 17.8 Å². The van der Waals surface area contributed by atoms with Crippen LogP contribution in [0.1, 0.15) is 20.8 Å². The van der Waals surface area contributed by atoms with E-state index in [4.69, 9.17) is 9.47 Å². The van der Waals surface area contributed by atoms with E-state index in [1.165, 1.54) is 10.4 Å². The van der Waals surface area contributed by atoms with Gasteiger partial charge in [-0.25, -0.2) is 0 Å². The molecule has 1 aromatic heterocycles. The van der Waals surface area contributed by atoms with Gasteiger partial charge in [-0.15, -0.1) is 11.3 Å². The molecule has 0 radical (unpaired) electrons. The van der Waals surface area contributed by atoms with Crippen molar-refractivity contribution in [2.45, 2.75) is 13.0 Å². The van der Waals surface area contributed by atoms with Crippen LogP contribution >= 0.6 is 11.3 Å². The predicted molar refractivity (Wildman–Crippen MR) is 119 cm³/mol. The molecule has 2 N–H and O–H groups in total. The second-order valence-corrected chi connectivity index (χ2v) is 8.45. The van der Waals surface area contributed by atoms with Crippen molar-refractivity contribution >= 4 is 34.5 Å². The van der Waals surface area contributed by atoms with Crippen LogP contribution in [0.5, 0.6) is 11.5 Å². The number of ether oxygens (including phenoxy) is 2. The number of fused-ring (bicyclic) bond motifs is 2. The van der Waals surface area contributed by atoms with Gasteiger partial charge < -0.3 is 20.1 Å². The Morgan fingerprint density at radius 3 is 2.84 bits per heavy atom. The quantitative estimate of drug-likeness (QED) is 0.639. The van der Waals surface area contributed by atoms with E-state index in [1.54, 1.807) is 53.8 Å². The molecule has 0 aliphatic carbocycles. The molecule has 8 heteroatoms. The van der Waals surface area contributed by atoms with Crippen molar-refractivity contribution in [3.63, 3.8) is 0 Å². The number of rotatable bonds is 5. The zero-order chi connectivity index (χ0) is 21.2. The molecule has 3 aromatic rings. The number of nitrogens with one attached hydrogen (secondary N) is 2. The number of carbonyl (C=O) groups is 2. The summed E-state index contributed by atoms with van der Waals surface area (Å²) >= 11 is 1.77. The monoisotopic (exact) mass is 435 g/mol. The Morgan fingerprint density at radius 1 is 1.03 bits per heavy atom. The molecule has 2 aliphatic rings. The third-order valence-corrected chi connectivity index (χ3v) is 6.35. The number of anilines is 2. The molecular weight excluding hydrogens is 414 g/mol. The summed E-state index contributed by atoms with van der Waals surface area (Å²) in [6.45, 7) is 2.09. The molecule has 3 heterocycles. The van der Waals surface area contributed by atoms with Crippen LogP contribution in [0, 0.1) is 0 Å². The fourth-order valence-electron chi connectivity index (χ4n) is 3.80. The van der Waals surface area contributed by atoms with Crippen LogP contribution in [0.4, 0.5) is 11.4 Å². The van der Waals surface area contributed by atoms with Crippen LogP contribution in [0.15, 0.2) is 53.9 Å². The van der Waals surface area contributed by atoms with E-state index in [2.05, 4.69) is 27.0 Å². The van der Waals surface area contributed by atoms with Crippen molar-refractivity contribution in [1.29, 1.82) is 0 Å². The van der Waals surface area contributed by atoms with Crippen LogP contribution in [0.25, 0.3) is 0 Å². The average molecular weight is 436 g/mol. The molecule has 5 rings (SSSR count). The number of thiophene rings is 1. The average Bonchev–Trinajstić information content (AvgIpc) is 3.42. The first-order valence-corrected chi connectivity index (χ1v) is 10.9. The molecule has 2 aliphatic heterocycles. The summed E-state index contributed by atoms with van der Waals surface area (Å²) in [5, 5.41) is 7.86. The Balaban J connectivity index is 1.24. The Bertz CT molecular complexity index is 1140. The number of nitrogens with zero attached hydrogens (tertiary/aromatic N) is 1.